The normalized spacial score (nSPS) is 21.5. The van der Waals surface area contributed by atoms with Crippen LogP contribution in [0.2, 0.25) is 0 Å². The Kier molecular flexibility index (Phi) is 4.81. The van der Waals surface area contributed by atoms with Crippen LogP contribution in [0.3, 0.4) is 0 Å². The first-order valence-electron chi connectivity index (χ1n) is 7.53. The lowest BCUT2D eigenvalue weighted by molar-refractivity contribution is -0.127. The SMILES string of the molecule is Cc1ccc(C)c([C@@H](C)NC(=O)[C@@H]2CCCN(C)C2)c1. The lowest BCUT2D eigenvalue weighted by atomic mass is 9.95. The number of likely N-dealkylation sites (tertiary alicyclic amines) is 1. The van der Waals surface area contributed by atoms with E-state index in [1.807, 2.05) is 0 Å². The highest BCUT2D eigenvalue weighted by Crippen LogP contribution is 2.21. The minimum Gasteiger partial charge on any atom is -0.349 e. The van der Waals surface area contributed by atoms with Crippen LogP contribution in [0, 0.1) is 19.8 Å². The van der Waals surface area contributed by atoms with Crippen LogP contribution in [0.4, 0.5) is 0 Å². The largest absolute Gasteiger partial charge is 0.349 e. The highest BCUT2D eigenvalue weighted by atomic mass is 16.2. The zero-order valence-electron chi connectivity index (χ0n) is 13.1. The number of benzene rings is 1. The number of amides is 1. The van der Waals surface area contributed by atoms with Gasteiger partial charge in [-0.1, -0.05) is 23.8 Å². The van der Waals surface area contributed by atoms with Crippen molar-refractivity contribution in [3.63, 3.8) is 0 Å². The van der Waals surface area contributed by atoms with E-state index < -0.39 is 0 Å². The molecule has 110 valence electrons. The van der Waals surface area contributed by atoms with E-state index >= 15 is 0 Å². The molecule has 0 unspecified atom stereocenters. The standard InChI is InChI=1S/C17H26N2O/c1-12-7-8-13(2)16(10-12)14(3)18-17(20)15-6-5-9-19(4)11-15/h7-8,10,14-15H,5-6,9,11H2,1-4H3,(H,18,20)/t14-,15-/m1/s1. The Bertz CT molecular complexity index is 484. The molecule has 0 saturated carbocycles. The van der Waals surface area contributed by atoms with Gasteiger partial charge in [0.1, 0.15) is 0 Å². The summed E-state index contributed by atoms with van der Waals surface area (Å²) >= 11 is 0. The molecule has 1 N–H and O–H groups in total. The van der Waals surface area contributed by atoms with Crippen molar-refractivity contribution in [2.24, 2.45) is 5.92 Å². The fourth-order valence-corrected chi connectivity index (χ4v) is 3.02. The quantitative estimate of drug-likeness (QED) is 0.919. The predicted octanol–water partition coefficient (Wildman–Crippen LogP) is 2.82. The zero-order valence-corrected chi connectivity index (χ0v) is 13.1. The van der Waals surface area contributed by atoms with E-state index in [1.165, 1.54) is 16.7 Å². The Morgan fingerprint density at radius 3 is 2.85 bits per heavy atom. The van der Waals surface area contributed by atoms with Crippen LogP contribution in [0.1, 0.15) is 42.5 Å². The Hall–Kier alpha value is -1.35. The minimum absolute atomic E-state index is 0.0784. The summed E-state index contributed by atoms with van der Waals surface area (Å²) in [6, 6.07) is 6.49. The molecule has 1 heterocycles. The van der Waals surface area contributed by atoms with Gasteiger partial charge in [0.05, 0.1) is 12.0 Å². The van der Waals surface area contributed by atoms with Crippen LogP contribution in [0.15, 0.2) is 18.2 Å². The van der Waals surface area contributed by atoms with E-state index in [9.17, 15) is 4.79 Å². The van der Waals surface area contributed by atoms with Crippen LogP contribution in [-0.4, -0.2) is 30.9 Å². The van der Waals surface area contributed by atoms with Gasteiger partial charge in [-0.05, 0) is 58.3 Å². The summed E-state index contributed by atoms with van der Waals surface area (Å²) in [5, 5.41) is 3.19. The summed E-state index contributed by atoms with van der Waals surface area (Å²) in [7, 11) is 2.09. The fourth-order valence-electron chi connectivity index (χ4n) is 3.02. The first-order valence-corrected chi connectivity index (χ1v) is 7.53. The summed E-state index contributed by atoms with van der Waals surface area (Å²) in [5.74, 6) is 0.339. The second-order valence-corrected chi connectivity index (χ2v) is 6.19. The molecular formula is C17H26N2O. The average molecular weight is 274 g/mol. The van der Waals surface area contributed by atoms with Crippen molar-refractivity contribution in [3.8, 4) is 0 Å². The molecule has 1 amide bonds. The van der Waals surface area contributed by atoms with E-state index in [0.717, 1.165) is 25.9 Å². The Morgan fingerprint density at radius 1 is 1.40 bits per heavy atom. The Morgan fingerprint density at radius 2 is 2.15 bits per heavy atom. The molecule has 2 atom stereocenters. The smallest absolute Gasteiger partial charge is 0.224 e. The number of hydrogen-bond donors (Lipinski definition) is 1. The fraction of sp³-hybridized carbons (Fsp3) is 0.588. The highest BCUT2D eigenvalue weighted by Gasteiger charge is 2.25. The van der Waals surface area contributed by atoms with Gasteiger partial charge in [0.2, 0.25) is 5.91 Å². The van der Waals surface area contributed by atoms with E-state index in [2.05, 4.69) is 56.2 Å². The minimum atomic E-state index is 0.0784. The molecule has 1 saturated heterocycles. The number of carbonyl (C=O) groups excluding carboxylic acids is 1. The molecule has 0 aliphatic carbocycles. The van der Waals surface area contributed by atoms with Gasteiger partial charge in [-0.3, -0.25) is 4.79 Å². The van der Waals surface area contributed by atoms with Gasteiger partial charge in [-0.25, -0.2) is 0 Å². The van der Waals surface area contributed by atoms with Crippen molar-refractivity contribution >= 4 is 5.91 Å². The molecule has 2 rings (SSSR count). The highest BCUT2D eigenvalue weighted by molar-refractivity contribution is 5.79. The molecule has 0 bridgehead atoms. The molecule has 1 fully saturated rings. The van der Waals surface area contributed by atoms with Crippen LogP contribution in [-0.2, 0) is 4.79 Å². The molecule has 20 heavy (non-hydrogen) atoms. The number of nitrogens with zero attached hydrogens (tertiary/aromatic N) is 1. The van der Waals surface area contributed by atoms with Crippen molar-refractivity contribution in [2.75, 3.05) is 20.1 Å². The molecule has 0 spiro atoms. The third-order valence-electron chi connectivity index (χ3n) is 4.26. The third kappa shape index (κ3) is 3.60. The summed E-state index contributed by atoms with van der Waals surface area (Å²) in [5.41, 5.74) is 3.70. The van der Waals surface area contributed by atoms with Crippen LogP contribution < -0.4 is 5.32 Å². The first-order chi connectivity index (χ1) is 9.47. The number of rotatable bonds is 3. The van der Waals surface area contributed by atoms with Crippen molar-refractivity contribution in [2.45, 2.75) is 39.7 Å². The predicted molar refractivity (Wildman–Crippen MR) is 82.7 cm³/mol. The summed E-state index contributed by atoms with van der Waals surface area (Å²) in [4.78, 5) is 14.6. The van der Waals surface area contributed by atoms with E-state index in [0.29, 0.717) is 0 Å². The van der Waals surface area contributed by atoms with Gasteiger partial charge >= 0.3 is 0 Å². The number of hydrogen-bond acceptors (Lipinski definition) is 2. The van der Waals surface area contributed by atoms with Crippen LogP contribution >= 0.6 is 0 Å². The van der Waals surface area contributed by atoms with Crippen LogP contribution in [0.5, 0.6) is 0 Å². The maximum absolute atomic E-state index is 12.4. The van der Waals surface area contributed by atoms with Gasteiger partial charge in [-0.15, -0.1) is 0 Å². The molecule has 1 aromatic rings. The molecule has 0 aromatic heterocycles. The van der Waals surface area contributed by atoms with Gasteiger partial charge in [0.25, 0.3) is 0 Å². The Balaban J connectivity index is 2.01. The zero-order chi connectivity index (χ0) is 14.7. The molecule has 3 nitrogen and oxygen atoms in total. The molecule has 1 aromatic carbocycles. The number of aryl methyl sites for hydroxylation is 2. The Labute approximate surface area is 122 Å². The van der Waals surface area contributed by atoms with Gasteiger partial charge in [0.15, 0.2) is 0 Å². The summed E-state index contributed by atoms with van der Waals surface area (Å²) < 4.78 is 0. The van der Waals surface area contributed by atoms with Crippen molar-refractivity contribution in [3.05, 3.63) is 34.9 Å². The first kappa shape index (κ1) is 15.0. The number of nitrogens with one attached hydrogen (secondary N) is 1. The van der Waals surface area contributed by atoms with E-state index in [4.69, 9.17) is 0 Å². The van der Waals surface area contributed by atoms with Gasteiger partial charge in [0, 0.05) is 6.54 Å². The van der Waals surface area contributed by atoms with Crippen molar-refractivity contribution < 1.29 is 4.79 Å². The maximum atomic E-state index is 12.4. The third-order valence-corrected chi connectivity index (χ3v) is 4.26. The van der Waals surface area contributed by atoms with Gasteiger partial charge < -0.3 is 10.2 Å². The van der Waals surface area contributed by atoms with Crippen molar-refractivity contribution in [1.29, 1.82) is 0 Å². The molecule has 1 aliphatic rings. The maximum Gasteiger partial charge on any atom is 0.224 e. The van der Waals surface area contributed by atoms with E-state index in [-0.39, 0.29) is 17.9 Å². The van der Waals surface area contributed by atoms with Crippen molar-refractivity contribution in [1.82, 2.24) is 10.2 Å². The molecule has 3 heteroatoms. The van der Waals surface area contributed by atoms with Crippen LogP contribution in [0.25, 0.3) is 0 Å². The average Bonchev–Trinajstić information content (AvgIpc) is 2.41. The number of carbonyl (C=O) groups is 1. The monoisotopic (exact) mass is 274 g/mol. The summed E-state index contributed by atoms with van der Waals surface area (Å²) in [6.07, 6.45) is 2.13. The lowest BCUT2D eigenvalue weighted by Gasteiger charge is -2.30. The lowest BCUT2D eigenvalue weighted by Crippen LogP contribution is -2.42. The number of piperidine rings is 1. The molecule has 1 aliphatic heterocycles. The van der Waals surface area contributed by atoms with Gasteiger partial charge in [-0.2, -0.15) is 0 Å². The second-order valence-electron chi connectivity index (χ2n) is 6.19. The molecular weight excluding hydrogens is 248 g/mol. The van der Waals surface area contributed by atoms with E-state index in [1.54, 1.807) is 0 Å². The molecule has 0 radical (unpaired) electrons. The topological polar surface area (TPSA) is 32.3 Å². The second kappa shape index (κ2) is 6.40. The summed E-state index contributed by atoms with van der Waals surface area (Å²) in [6.45, 7) is 8.26.